The number of nitrogens with zero attached hydrogens (tertiary/aromatic N) is 2. The molecule has 0 spiro atoms. The fraction of sp³-hybridized carbons (Fsp3) is 0.231. The van der Waals surface area contributed by atoms with E-state index in [1.54, 1.807) is 49.4 Å². The van der Waals surface area contributed by atoms with Gasteiger partial charge < -0.3 is 10.2 Å². The van der Waals surface area contributed by atoms with E-state index >= 15 is 0 Å². The lowest BCUT2D eigenvalue weighted by Crippen LogP contribution is -2.50. The highest BCUT2D eigenvalue weighted by atomic mass is 35.5. The molecule has 1 N–H and O–H groups in total. The Bertz CT molecular complexity index is 1380. The van der Waals surface area contributed by atoms with Crippen LogP contribution in [0.2, 0.25) is 15.1 Å². The van der Waals surface area contributed by atoms with Crippen molar-refractivity contribution >= 4 is 62.3 Å². The van der Waals surface area contributed by atoms with Gasteiger partial charge in [0, 0.05) is 18.6 Å². The number of likely N-dealkylation sites (N-methyl/N-ethyl adjacent to an activating group) is 1. The molecule has 2 amide bonds. The number of anilines is 1. The van der Waals surface area contributed by atoms with Crippen molar-refractivity contribution in [2.24, 2.45) is 0 Å². The minimum atomic E-state index is -4.15. The minimum Gasteiger partial charge on any atom is -0.357 e. The molecular formula is C26H26Cl3N3O4S. The molecule has 0 fully saturated rings. The first-order valence-corrected chi connectivity index (χ1v) is 13.8. The third-order valence-corrected chi connectivity index (χ3v) is 8.53. The first kappa shape index (κ1) is 28.8. The summed E-state index contributed by atoms with van der Waals surface area (Å²) in [7, 11) is -2.68. The van der Waals surface area contributed by atoms with Crippen molar-refractivity contribution in [3.63, 3.8) is 0 Å². The van der Waals surface area contributed by atoms with E-state index in [0.29, 0.717) is 20.6 Å². The van der Waals surface area contributed by atoms with Gasteiger partial charge in [-0.25, -0.2) is 8.42 Å². The third-order valence-electron chi connectivity index (χ3n) is 5.75. The summed E-state index contributed by atoms with van der Waals surface area (Å²) in [5.41, 5.74) is 1.76. The van der Waals surface area contributed by atoms with Crippen LogP contribution in [0.1, 0.15) is 18.1 Å². The maximum absolute atomic E-state index is 13.7. The van der Waals surface area contributed by atoms with Crippen LogP contribution < -0.4 is 9.62 Å². The van der Waals surface area contributed by atoms with Crippen LogP contribution in [0.4, 0.5) is 5.69 Å². The predicted octanol–water partition coefficient (Wildman–Crippen LogP) is 5.31. The number of hydrogen-bond donors (Lipinski definition) is 1. The number of nitrogens with one attached hydrogen (secondary N) is 1. The van der Waals surface area contributed by atoms with E-state index in [4.69, 9.17) is 34.8 Å². The van der Waals surface area contributed by atoms with Gasteiger partial charge in [0.2, 0.25) is 11.8 Å². The van der Waals surface area contributed by atoms with Gasteiger partial charge in [-0.05, 0) is 67.9 Å². The molecule has 0 saturated heterocycles. The lowest BCUT2D eigenvalue weighted by Gasteiger charge is -2.31. The number of benzene rings is 3. The Labute approximate surface area is 232 Å². The Hall–Kier alpha value is -2.78. The number of aryl methyl sites for hydroxylation is 1. The molecule has 3 aromatic rings. The van der Waals surface area contributed by atoms with Crippen LogP contribution in [0.15, 0.2) is 71.6 Å². The van der Waals surface area contributed by atoms with Crippen molar-refractivity contribution in [2.45, 2.75) is 31.3 Å². The molecule has 37 heavy (non-hydrogen) atoms. The lowest BCUT2D eigenvalue weighted by molar-refractivity contribution is -0.139. The quantitative estimate of drug-likeness (QED) is 0.370. The number of sulfonamides is 1. The summed E-state index contributed by atoms with van der Waals surface area (Å²) in [4.78, 5) is 27.5. The maximum atomic E-state index is 13.7. The Morgan fingerprint density at radius 1 is 0.919 bits per heavy atom. The first-order chi connectivity index (χ1) is 17.4. The van der Waals surface area contributed by atoms with Crippen LogP contribution in [0, 0.1) is 6.92 Å². The molecule has 0 saturated carbocycles. The van der Waals surface area contributed by atoms with Crippen molar-refractivity contribution in [3.8, 4) is 0 Å². The van der Waals surface area contributed by atoms with Crippen LogP contribution in [-0.2, 0) is 26.2 Å². The van der Waals surface area contributed by atoms with E-state index < -0.39 is 34.4 Å². The second-order valence-electron chi connectivity index (χ2n) is 8.36. The van der Waals surface area contributed by atoms with Gasteiger partial charge in [-0.1, -0.05) is 58.6 Å². The summed E-state index contributed by atoms with van der Waals surface area (Å²) in [6, 6.07) is 16.4. The topological polar surface area (TPSA) is 86.8 Å². The molecule has 1 unspecified atom stereocenters. The SMILES string of the molecule is CNC(=O)C(C)N(Cc1ccc(Cl)c(Cl)c1)C(=O)CN(c1ccc(Cl)cc1)S(=O)(=O)c1ccc(C)cc1. The van der Waals surface area contributed by atoms with E-state index in [-0.39, 0.29) is 17.1 Å². The molecule has 3 rings (SSSR count). The molecule has 0 radical (unpaired) electrons. The van der Waals surface area contributed by atoms with E-state index in [2.05, 4.69) is 5.32 Å². The zero-order chi connectivity index (χ0) is 27.3. The van der Waals surface area contributed by atoms with Gasteiger partial charge in [0.05, 0.1) is 20.6 Å². The highest BCUT2D eigenvalue weighted by Gasteiger charge is 2.32. The first-order valence-electron chi connectivity index (χ1n) is 11.2. The number of amides is 2. The molecule has 3 aromatic carbocycles. The molecule has 0 aliphatic rings. The van der Waals surface area contributed by atoms with Gasteiger partial charge in [0.15, 0.2) is 0 Å². The van der Waals surface area contributed by atoms with Gasteiger partial charge in [-0.15, -0.1) is 0 Å². The number of halogens is 3. The summed E-state index contributed by atoms with van der Waals surface area (Å²) < 4.78 is 28.4. The molecule has 0 aliphatic carbocycles. The molecule has 0 heterocycles. The second kappa shape index (κ2) is 12.2. The summed E-state index contributed by atoms with van der Waals surface area (Å²) in [6.45, 7) is 2.86. The molecule has 0 bridgehead atoms. The largest absolute Gasteiger partial charge is 0.357 e. The van der Waals surface area contributed by atoms with Crippen molar-refractivity contribution in [3.05, 3.63) is 92.9 Å². The number of hydrogen-bond acceptors (Lipinski definition) is 4. The fourth-order valence-corrected chi connectivity index (χ4v) is 5.46. The summed E-state index contributed by atoms with van der Waals surface area (Å²) in [5.74, 6) is -0.999. The summed E-state index contributed by atoms with van der Waals surface area (Å²) >= 11 is 18.2. The Kier molecular flexibility index (Phi) is 9.47. The van der Waals surface area contributed by atoms with Crippen LogP contribution in [0.25, 0.3) is 0 Å². The van der Waals surface area contributed by atoms with Crippen LogP contribution in [-0.4, -0.2) is 44.8 Å². The Morgan fingerprint density at radius 3 is 2.11 bits per heavy atom. The predicted molar refractivity (Wildman–Crippen MR) is 148 cm³/mol. The van der Waals surface area contributed by atoms with E-state index in [1.165, 1.54) is 36.2 Å². The van der Waals surface area contributed by atoms with Crippen LogP contribution in [0.3, 0.4) is 0 Å². The Morgan fingerprint density at radius 2 is 1.54 bits per heavy atom. The van der Waals surface area contributed by atoms with Gasteiger partial charge >= 0.3 is 0 Å². The molecule has 0 aliphatic heterocycles. The standard InChI is InChI=1S/C26H26Cl3N3O4S/c1-17-4-11-22(12-5-17)37(35,36)32(21-9-7-20(27)8-10-21)16-25(33)31(18(2)26(34)30-3)15-19-6-13-23(28)24(29)14-19/h4-14,18H,15-16H2,1-3H3,(H,30,34). The van der Waals surface area contributed by atoms with Gasteiger partial charge in [0.25, 0.3) is 10.0 Å². The highest BCUT2D eigenvalue weighted by molar-refractivity contribution is 7.92. The minimum absolute atomic E-state index is 0.00332. The number of rotatable bonds is 9. The molecular weight excluding hydrogens is 557 g/mol. The molecule has 11 heteroatoms. The van der Waals surface area contributed by atoms with Gasteiger partial charge in [0.1, 0.15) is 12.6 Å². The molecule has 196 valence electrons. The summed E-state index contributed by atoms with van der Waals surface area (Å²) in [6.07, 6.45) is 0. The number of carbonyl (C=O) groups excluding carboxylic acids is 2. The molecule has 1 atom stereocenters. The van der Waals surface area contributed by atoms with Crippen molar-refractivity contribution < 1.29 is 18.0 Å². The number of carbonyl (C=O) groups is 2. The van der Waals surface area contributed by atoms with Gasteiger partial charge in [-0.3, -0.25) is 13.9 Å². The highest BCUT2D eigenvalue weighted by Crippen LogP contribution is 2.27. The zero-order valence-electron chi connectivity index (χ0n) is 20.4. The van der Waals surface area contributed by atoms with E-state index in [9.17, 15) is 18.0 Å². The van der Waals surface area contributed by atoms with Gasteiger partial charge in [-0.2, -0.15) is 0 Å². The van der Waals surface area contributed by atoms with E-state index in [1.807, 2.05) is 6.92 Å². The third kappa shape index (κ3) is 6.96. The lowest BCUT2D eigenvalue weighted by atomic mass is 10.1. The van der Waals surface area contributed by atoms with Crippen LogP contribution in [0.5, 0.6) is 0 Å². The fourth-order valence-electron chi connectivity index (χ4n) is 3.60. The summed E-state index contributed by atoms with van der Waals surface area (Å²) in [5, 5.41) is 3.59. The van der Waals surface area contributed by atoms with E-state index in [0.717, 1.165) is 9.87 Å². The maximum Gasteiger partial charge on any atom is 0.264 e. The second-order valence-corrected chi connectivity index (χ2v) is 11.5. The average Bonchev–Trinajstić information content (AvgIpc) is 2.87. The van der Waals surface area contributed by atoms with Crippen LogP contribution >= 0.6 is 34.8 Å². The monoisotopic (exact) mass is 581 g/mol. The average molecular weight is 583 g/mol. The van der Waals surface area contributed by atoms with Crippen molar-refractivity contribution in [1.82, 2.24) is 10.2 Å². The van der Waals surface area contributed by atoms with Crippen molar-refractivity contribution in [1.29, 1.82) is 0 Å². The smallest absolute Gasteiger partial charge is 0.264 e. The zero-order valence-corrected chi connectivity index (χ0v) is 23.5. The van der Waals surface area contributed by atoms with Crippen molar-refractivity contribution in [2.75, 3.05) is 17.9 Å². The molecule has 0 aromatic heterocycles. The normalized spacial score (nSPS) is 12.1. The Balaban J connectivity index is 2.03. The molecule has 7 nitrogen and oxygen atoms in total.